The molecule has 0 aliphatic heterocycles. The van der Waals surface area contributed by atoms with Crippen LogP contribution in [-0.2, 0) is 0 Å². The lowest BCUT2D eigenvalue weighted by Gasteiger charge is -2.48. The molecule has 39 heavy (non-hydrogen) atoms. The highest BCUT2D eigenvalue weighted by Gasteiger charge is 2.68. The minimum Gasteiger partial charge on any atom is -0.497 e. The van der Waals surface area contributed by atoms with Crippen molar-refractivity contribution in [3.63, 3.8) is 0 Å². The van der Waals surface area contributed by atoms with Crippen molar-refractivity contribution in [1.82, 2.24) is 0 Å². The summed E-state index contributed by atoms with van der Waals surface area (Å²) in [7, 11) is 1.47. The Morgan fingerprint density at radius 3 is 2.03 bits per heavy atom. The van der Waals surface area contributed by atoms with E-state index in [-0.39, 0.29) is 17.8 Å². The quantitative estimate of drug-likeness (QED) is 0.383. The zero-order valence-electron chi connectivity index (χ0n) is 21.2. The molecule has 2 aromatic carbocycles. The number of hydrogen-bond donors (Lipinski definition) is 1. The number of nitro groups is 2. The van der Waals surface area contributed by atoms with Crippen molar-refractivity contribution in [3.8, 4) is 30.0 Å². The Morgan fingerprint density at radius 2 is 1.56 bits per heavy atom. The van der Waals surface area contributed by atoms with E-state index in [2.05, 4.69) is 10.5 Å². The molecule has 0 saturated heterocycles. The van der Waals surface area contributed by atoms with Gasteiger partial charge in [-0.25, -0.2) is 0 Å². The van der Waals surface area contributed by atoms with E-state index in [0.29, 0.717) is 11.3 Å². The molecule has 3 rings (SSSR count). The van der Waals surface area contributed by atoms with Crippen LogP contribution in [-0.4, -0.2) is 22.7 Å². The van der Waals surface area contributed by atoms with E-state index in [4.69, 9.17) is 4.74 Å². The maximum atomic E-state index is 11.6. The zero-order chi connectivity index (χ0) is 29.0. The molecular formula is C26H22N8O5. The molecule has 0 aromatic heterocycles. The Kier molecular flexibility index (Phi) is 7.79. The molecule has 2 aromatic rings. The number of hydrogen-bond acceptors (Lipinski definition) is 11. The Bertz CT molecular complexity index is 1480. The van der Waals surface area contributed by atoms with Gasteiger partial charge in [-0.3, -0.25) is 25.7 Å². The zero-order valence-corrected chi connectivity index (χ0v) is 21.2. The summed E-state index contributed by atoms with van der Waals surface area (Å²) in [5.74, 6) is -1.91. The number of ether oxygens (including phenoxy) is 1. The third kappa shape index (κ3) is 4.54. The molecule has 2 atom stereocenters. The molecule has 0 amide bonds. The molecular weight excluding hydrogens is 504 g/mol. The number of anilines is 1. The number of benzene rings is 2. The summed E-state index contributed by atoms with van der Waals surface area (Å²) in [4.78, 5) is 21.1. The van der Waals surface area contributed by atoms with Crippen molar-refractivity contribution in [2.75, 3.05) is 12.5 Å². The van der Waals surface area contributed by atoms with Gasteiger partial charge in [-0.2, -0.15) is 26.1 Å². The first-order valence-electron chi connectivity index (χ1n) is 11.6. The van der Waals surface area contributed by atoms with Crippen LogP contribution in [0.2, 0.25) is 0 Å². The summed E-state index contributed by atoms with van der Waals surface area (Å²) >= 11 is 0. The van der Waals surface area contributed by atoms with Crippen LogP contribution in [0.5, 0.6) is 5.75 Å². The number of nitrogens with one attached hydrogen (secondary N) is 1. The molecule has 2 unspecified atom stereocenters. The topological polar surface area (TPSA) is 215 Å². The second kappa shape index (κ2) is 10.8. The fourth-order valence-electron chi connectivity index (χ4n) is 5.17. The number of hydrazone groups is 1. The SMILES string of the molecule is COc1ccc(C2CC(=NNc3ccc([N+](=O)[O-])cc3[N+](=O)[O-])C(C(C)C)C(C#N)(C#N)C2(C#N)C#N)cc1. The van der Waals surface area contributed by atoms with Gasteiger partial charge in [-0.15, -0.1) is 0 Å². The van der Waals surface area contributed by atoms with Crippen LogP contribution in [0.1, 0.15) is 31.7 Å². The highest BCUT2D eigenvalue weighted by molar-refractivity contribution is 5.92. The number of nitro benzene ring substituents is 2. The molecule has 1 aliphatic rings. The van der Waals surface area contributed by atoms with Crippen molar-refractivity contribution in [2.45, 2.75) is 26.2 Å². The highest BCUT2D eigenvalue weighted by atomic mass is 16.6. The van der Waals surface area contributed by atoms with Crippen molar-refractivity contribution >= 4 is 22.8 Å². The van der Waals surface area contributed by atoms with Gasteiger partial charge in [0, 0.05) is 23.6 Å². The largest absolute Gasteiger partial charge is 0.497 e. The van der Waals surface area contributed by atoms with Gasteiger partial charge in [0.15, 0.2) is 10.8 Å². The van der Waals surface area contributed by atoms with E-state index in [9.17, 15) is 41.3 Å². The first kappa shape index (κ1) is 28.0. The molecule has 196 valence electrons. The van der Waals surface area contributed by atoms with Crippen LogP contribution in [0.25, 0.3) is 0 Å². The van der Waals surface area contributed by atoms with Gasteiger partial charge in [0.05, 0.1) is 47.3 Å². The monoisotopic (exact) mass is 526 g/mol. The smallest absolute Gasteiger partial charge is 0.301 e. The van der Waals surface area contributed by atoms with E-state index in [1.165, 1.54) is 7.11 Å². The second-order valence-electron chi connectivity index (χ2n) is 9.25. The van der Waals surface area contributed by atoms with E-state index >= 15 is 0 Å². The third-order valence-corrected chi connectivity index (χ3v) is 6.98. The van der Waals surface area contributed by atoms with Crippen LogP contribution in [0, 0.1) is 88.2 Å². The molecule has 0 heterocycles. The van der Waals surface area contributed by atoms with Gasteiger partial charge in [0.1, 0.15) is 11.4 Å². The Balaban J connectivity index is 2.25. The summed E-state index contributed by atoms with van der Waals surface area (Å²) in [5.41, 5.74) is -2.19. The maximum absolute atomic E-state index is 11.6. The number of nitriles is 4. The molecule has 0 radical (unpaired) electrons. The van der Waals surface area contributed by atoms with E-state index in [0.717, 1.165) is 18.2 Å². The standard InChI is InChI=1S/C26H22N8O5/c1-16(2)24-22(32-31-21-9-6-18(33(35)36)10-23(21)34(37)38)11-20(17-4-7-19(39-3)8-5-17)25(12-27,13-28)26(24,14-29)15-30/h4-10,16,20,24,31H,11H2,1-3H3. The van der Waals surface area contributed by atoms with Crippen molar-refractivity contribution in [1.29, 1.82) is 21.0 Å². The summed E-state index contributed by atoms with van der Waals surface area (Å²) in [6.45, 7) is 3.43. The van der Waals surface area contributed by atoms with Gasteiger partial charge in [0.2, 0.25) is 0 Å². The fraction of sp³-hybridized carbons (Fsp3) is 0.346. The van der Waals surface area contributed by atoms with E-state index in [1.807, 2.05) is 24.3 Å². The lowest BCUT2D eigenvalue weighted by molar-refractivity contribution is -0.393. The highest BCUT2D eigenvalue weighted by Crippen LogP contribution is 2.60. The van der Waals surface area contributed by atoms with Crippen LogP contribution < -0.4 is 10.2 Å². The average molecular weight is 527 g/mol. The van der Waals surface area contributed by atoms with Crippen molar-refractivity contribution < 1.29 is 14.6 Å². The van der Waals surface area contributed by atoms with E-state index < -0.39 is 49.8 Å². The Hall–Kier alpha value is -5.53. The predicted molar refractivity (Wildman–Crippen MR) is 137 cm³/mol. The first-order valence-corrected chi connectivity index (χ1v) is 11.6. The molecule has 1 N–H and O–H groups in total. The molecule has 1 fully saturated rings. The van der Waals surface area contributed by atoms with Gasteiger partial charge in [-0.05, 0) is 36.1 Å². The molecule has 1 saturated carbocycles. The number of methoxy groups -OCH3 is 1. The van der Waals surface area contributed by atoms with Gasteiger partial charge in [-0.1, -0.05) is 26.0 Å². The van der Waals surface area contributed by atoms with Gasteiger partial charge < -0.3 is 4.74 Å². The minimum atomic E-state index is -2.16. The number of non-ortho nitro benzene ring substituents is 1. The van der Waals surface area contributed by atoms with Crippen LogP contribution in [0.3, 0.4) is 0 Å². The molecule has 0 spiro atoms. The van der Waals surface area contributed by atoms with Crippen molar-refractivity contribution in [3.05, 3.63) is 68.3 Å². The maximum Gasteiger partial charge on any atom is 0.301 e. The summed E-state index contributed by atoms with van der Waals surface area (Å²) in [6.07, 6.45) is -0.0326. The molecule has 1 aliphatic carbocycles. The number of rotatable bonds is 7. The normalized spacial score (nSPS) is 20.1. The summed E-state index contributed by atoms with van der Waals surface area (Å²) in [6, 6.07) is 17.4. The summed E-state index contributed by atoms with van der Waals surface area (Å²) < 4.78 is 5.19. The average Bonchev–Trinajstić information content (AvgIpc) is 2.94. The number of nitrogens with zero attached hydrogens (tertiary/aromatic N) is 7. The fourth-order valence-corrected chi connectivity index (χ4v) is 5.17. The molecule has 0 bridgehead atoms. The lowest BCUT2D eigenvalue weighted by atomic mass is 9.46. The van der Waals surface area contributed by atoms with Crippen LogP contribution in [0.4, 0.5) is 17.1 Å². The predicted octanol–water partition coefficient (Wildman–Crippen LogP) is 4.81. The second-order valence-corrected chi connectivity index (χ2v) is 9.25. The minimum absolute atomic E-state index is 0.0326. The Labute approximate surface area is 223 Å². The Morgan fingerprint density at radius 1 is 0.974 bits per heavy atom. The first-order chi connectivity index (χ1) is 18.5. The van der Waals surface area contributed by atoms with Gasteiger partial charge >= 0.3 is 5.69 Å². The summed E-state index contributed by atoms with van der Waals surface area (Å²) in [5, 5.41) is 68.5. The third-order valence-electron chi connectivity index (χ3n) is 6.98. The van der Waals surface area contributed by atoms with E-state index in [1.54, 1.807) is 38.1 Å². The molecule has 13 nitrogen and oxygen atoms in total. The molecule has 13 heteroatoms. The van der Waals surface area contributed by atoms with Crippen molar-refractivity contribution in [2.24, 2.45) is 27.8 Å². The lowest BCUT2D eigenvalue weighted by Crippen LogP contribution is -2.56. The van der Waals surface area contributed by atoms with Crippen LogP contribution >= 0.6 is 0 Å². The van der Waals surface area contributed by atoms with Gasteiger partial charge in [0.25, 0.3) is 5.69 Å². The van der Waals surface area contributed by atoms with Crippen LogP contribution in [0.15, 0.2) is 47.6 Å².